The number of benzene rings is 2. The lowest BCUT2D eigenvalue weighted by atomic mass is 9.81. The quantitative estimate of drug-likeness (QED) is 0.396. The van der Waals surface area contributed by atoms with Gasteiger partial charge in [-0.05, 0) is 79.6 Å². The summed E-state index contributed by atoms with van der Waals surface area (Å²) in [6, 6.07) is 11.9. The van der Waals surface area contributed by atoms with Gasteiger partial charge in [-0.1, -0.05) is 0 Å². The highest BCUT2D eigenvalue weighted by molar-refractivity contribution is 6.22. The number of hydrogen-bond donors (Lipinski definition) is 0. The fourth-order valence-corrected chi connectivity index (χ4v) is 6.26. The van der Waals surface area contributed by atoms with Crippen LogP contribution in [0.5, 0.6) is 5.75 Å². The van der Waals surface area contributed by atoms with E-state index in [1.54, 1.807) is 24.3 Å². The third-order valence-corrected chi connectivity index (χ3v) is 7.84. The molecule has 2 bridgehead atoms. The lowest BCUT2D eigenvalue weighted by Crippen LogP contribution is -2.32. The van der Waals surface area contributed by atoms with E-state index in [-0.39, 0.29) is 48.3 Å². The predicted molar refractivity (Wildman–Crippen MR) is 119 cm³/mol. The molecule has 0 aromatic heterocycles. The van der Waals surface area contributed by atoms with Crippen LogP contribution in [-0.4, -0.2) is 30.2 Å². The first-order valence-corrected chi connectivity index (χ1v) is 11.7. The average Bonchev–Trinajstić information content (AvgIpc) is 3.59. The molecule has 2 heterocycles. The summed E-state index contributed by atoms with van der Waals surface area (Å²) >= 11 is 0. The highest BCUT2D eigenvalue weighted by atomic mass is 19.1. The van der Waals surface area contributed by atoms with Gasteiger partial charge in [-0.15, -0.1) is 0 Å². The highest BCUT2D eigenvalue weighted by Crippen LogP contribution is 2.56. The number of halogens is 1. The number of hydrogen-bond acceptors (Lipinski definition) is 5. The Morgan fingerprint density at radius 3 is 2.06 bits per heavy atom. The SMILES string of the molecule is O=C(Oc1ccc(N2C(=O)[C@@H]3[C@H]4CC[C@@H](C4)[C@@H]3C2=O)cc1)[C@H]1CC(=O)N(c2ccc(F)cc2)C1. The molecule has 2 aliphatic carbocycles. The summed E-state index contributed by atoms with van der Waals surface area (Å²) in [5.74, 6) is -1.49. The molecule has 0 spiro atoms. The predicted octanol–water partition coefficient (Wildman–Crippen LogP) is 3.32. The smallest absolute Gasteiger partial charge is 0.316 e. The number of esters is 1. The first-order valence-electron chi connectivity index (χ1n) is 11.7. The highest BCUT2D eigenvalue weighted by Gasteiger charge is 2.61. The average molecular weight is 462 g/mol. The summed E-state index contributed by atoms with van der Waals surface area (Å²) in [6.45, 7) is 0.156. The Balaban J connectivity index is 1.12. The molecule has 0 unspecified atom stereocenters. The third kappa shape index (κ3) is 3.23. The van der Waals surface area contributed by atoms with Crippen molar-refractivity contribution in [3.63, 3.8) is 0 Å². The van der Waals surface area contributed by atoms with Crippen molar-refractivity contribution in [3.8, 4) is 5.75 Å². The molecule has 2 saturated heterocycles. The summed E-state index contributed by atoms with van der Waals surface area (Å²) in [4.78, 5) is 53.7. The van der Waals surface area contributed by atoms with Crippen LogP contribution < -0.4 is 14.5 Å². The first-order chi connectivity index (χ1) is 16.4. The van der Waals surface area contributed by atoms with Crippen molar-refractivity contribution < 1.29 is 28.3 Å². The molecule has 5 atom stereocenters. The fourth-order valence-electron chi connectivity index (χ4n) is 6.26. The van der Waals surface area contributed by atoms with E-state index in [1.807, 2.05) is 0 Å². The van der Waals surface area contributed by atoms with E-state index in [2.05, 4.69) is 0 Å². The first kappa shape index (κ1) is 21.0. The molecule has 4 fully saturated rings. The number of anilines is 2. The van der Waals surface area contributed by atoms with E-state index >= 15 is 0 Å². The number of carbonyl (C=O) groups is 4. The molecule has 174 valence electrons. The summed E-state index contributed by atoms with van der Waals surface area (Å²) in [7, 11) is 0. The van der Waals surface area contributed by atoms with Crippen LogP contribution in [0.15, 0.2) is 48.5 Å². The number of rotatable bonds is 4. The van der Waals surface area contributed by atoms with Gasteiger partial charge in [0.1, 0.15) is 11.6 Å². The molecular formula is C26H23FN2O5. The van der Waals surface area contributed by atoms with Gasteiger partial charge in [0, 0.05) is 18.7 Å². The number of amides is 3. The van der Waals surface area contributed by atoms with Crippen LogP contribution in [0, 0.1) is 35.4 Å². The topological polar surface area (TPSA) is 84.0 Å². The second-order valence-electron chi connectivity index (χ2n) is 9.69. The van der Waals surface area contributed by atoms with Crippen molar-refractivity contribution in [1.29, 1.82) is 0 Å². The van der Waals surface area contributed by atoms with Crippen LogP contribution in [0.2, 0.25) is 0 Å². The van der Waals surface area contributed by atoms with Gasteiger partial charge in [-0.3, -0.25) is 24.1 Å². The number of nitrogens with zero attached hydrogens (tertiary/aromatic N) is 2. The number of carbonyl (C=O) groups excluding carboxylic acids is 4. The van der Waals surface area contributed by atoms with Gasteiger partial charge in [0.25, 0.3) is 0 Å². The van der Waals surface area contributed by atoms with Crippen molar-refractivity contribution in [1.82, 2.24) is 0 Å². The Hall–Kier alpha value is -3.55. The molecule has 2 aromatic carbocycles. The minimum Gasteiger partial charge on any atom is -0.426 e. The molecule has 7 nitrogen and oxygen atoms in total. The summed E-state index contributed by atoms with van der Waals surface area (Å²) in [6.07, 6.45) is 3.04. The second-order valence-corrected chi connectivity index (χ2v) is 9.69. The monoisotopic (exact) mass is 462 g/mol. The van der Waals surface area contributed by atoms with Gasteiger partial charge in [0.15, 0.2) is 0 Å². The van der Waals surface area contributed by atoms with E-state index in [1.165, 1.54) is 34.1 Å². The maximum Gasteiger partial charge on any atom is 0.316 e. The van der Waals surface area contributed by atoms with Gasteiger partial charge >= 0.3 is 5.97 Å². The molecule has 8 heteroatoms. The van der Waals surface area contributed by atoms with E-state index in [9.17, 15) is 23.6 Å². The van der Waals surface area contributed by atoms with Crippen molar-refractivity contribution >= 4 is 35.1 Å². The minimum absolute atomic E-state index is 0.0101. The molecule has 0 N–H and O–H groups in total. The van der Waals surface area contributed by atoms with E-state index < -0.39 is 17.7 Å². The van der Waals surface area contributed by atoms with Gasteiger partial charge < -0.3 is 9.64 Å². The van der Waals surface area contributed by atoms with Crippen LogP contribution in [0.1, 0.15) is 25.7 Å². The van der Waals surface area contributed by atoms with Gasteiger partial charge in [-0.25, -0.2) is 4.39 Å². The Bertz CT molecular complexity index is 1170. The zero-order valence-corrected chi connectivity index (χ0v) is 18.4. The zero-order chi connectivity index (χ0) is 23.6. The number of imide groups is 1. The molecular weight excluding hydrogens is 439 g/mol. The van der Waals surface area contributed by atoms with Crippen molar-refractivity contribution in [2.24, 2.45) is 29.6 Å². The number of fused-ring (bicyclic) bond motifs is 5. The Kier molecular flexibility index (Phi) is 4.79. The molecule has 34 heavy (non-hydrogen) atoms. The molecule has 2 saturated carbocycles. The molecule has 2 aromatic rings. The Morgan fingerprint density at radius 1 is 0.853 bits per heavy atom. The van der Waals surface area contributed by atoms with Crippen LogP contribution in [0.3, 0.4) is 0 Å². The molecule has 0 radical (unpaired) electrons. The molecule has 4 aliphatic rings. The van der Waals surface area contributed by atoms with Gasteiger partial charge in [0.2, 0.25) is 17.7 Å². The van der Waals surface area contributed by atoms with Crippen LogP contribution >= 0.6 is 0 Å². The largest absolute Gasteiger partial charge is 0.426 e. The van der Waals surface area contributed by atoms with E-state index in [0.717, 1.165) is 19.3 Å². The molecule has 3 amide bonds. The minimum atomic E-state index is -0.645. The van der Waals surface area contributed by atoms with Crippen molar-refractivity contribution in [2.75, 3.05) is 16.3 Å². The van der Waals surface area contributed by atoms with Crippen molar-refractivity contribution in [2.45, 2.75) is 25.7 Å². The molecule has 2 aliphatic heterocycles. The normalized spacial score (nSPS) is 29.8. The summed E-state index contributed by atoms with van der Waals surface area (Å²) < 4.78 is 18.6. The fraction of sp³-hybridized carbons (Fsp3) is 0.385. The Morgan fingerprint density at radius 2 is 1.44 bits per heavy atom. The summed E-state index contributed by atoms with van der Waals surface area (Å²) in [5, 5.41) is 0. The Labute approximate surface area is 195 Å². The second kappa shape index (κ2) is 7.75. The third-order valence-electron chi connectivity index (χ3n) is 7.84. The van der Waals surface area contributed by atoms with Gasteiger partial charge in [0.05, 0.1) is 23.4 Å². The summed E-state index contributed by atoms with van der Waals surface area (Å²) in [5.41, 5.74) is 1.02. The molecule has 6 rings (SSSR count). The van der Waals surface area contributed by atoms with Crippen LogP contribution in [0.25, 0.3) is 0 Å². The van der Waals surface area contributed by atoms with Crippen molar-refractivity contribution in [3.05, 3.63) is 54.3 Å². The van der Waals surface area contributed by atoms with Crippen LogP contribution in [-0.2, 0) is 19.2 Å². The number of ether oxygens (including phenoxy) is 1. The van der Waals surface area contributed by atoms with Crippen LogP contribution in [0.4, 0.5) is 15.8 Å². The van der Waals surface area contributed by atoms with E-state index in [4.69, 9.17) is 4.74 Å². The standard InChI is InChI=1S/C26H23FN2O5/c27-17-3-5-18(6-4-17)28-13-16(12-21(28)30)26(33)34-20-9-7-19(8-10-20)29-24(31)22-14-1-2-15(11-14)23(22)25(29)32/h3-10,14-16,22-23H,1-2,11-13H2/t14-,15-,16-,22-,23+/m0/s1. The van der Waals surface area contributed by atoms with E-state index in [0.29, 0.717) is 23.2 Å². The maximum atomic E-state index is 13.2. The lowest BCUT2D eigenvalue weighted by Gasteiger charge is -2.19. The lowest BCUT2D eigenvalue weighted by molar-refractivity contribution is -0.139. The maximum absolute atomic E-state index is 13.2. The zero-order valence-electron chi connectivity index (χ0n) is 18.4. The van der Waals surface area contributed by atoms with Gasteiger partial charge in [-0.2, -0.15) is 0 Å².